The van der Waals surface area contributed by atoms with Gasteiger partial charge in [-0.15, -0.1) is 0 Å². The highest BCUT2D eigenvalue weighted by Crippen LogP contribution is 2.48. The molecule has 202 valence electrons. The predicted molar refractivity (Wildman–Crippen MR) is 149 cm³/mol. The molecule has 0 atom stereocenters. The zero-order valence-electron chi connectivity index (χ0n) is 21.6. The molecule has 2 fully saturated rings. The van der Waals surface area contributed by atoms with E-state index in [0.29, 0.717) is 55.7 Å². The summed E-state index contributed by atoms with van der Waals surface area (Å²) in [7, 11) is -1.94. The molecule has 0 amide bonds. The highest BCUT2D eigenvalue weighted by Gasteiger charge is 2.45. The van der Waals surface area contributed by atoms with Crippen LogP contribution in [0.4, 0.5) is 5.69 Å². The van der Waals surface area contributed by atoms with E-state index >= 15 is 0 Å². The summed E-state index contributed by atoms with van der Waals surface area (Å²) in [5.41, 5.74) is 1.81. The molecule has 2 aliphatic rings. The van der Waals surface area contributed by atoms with Crippen LogP contribution < -0.4 is 15.2 Å². The van der Waals surface area contributed by atoms with Crippen molar-refractivity contribution in [2.45, 2.75) is 25.2 Å². The number of hydrogen-bond donors (Lipinski definition) is 0. The summed E-state index contributed by atoms with van der Waals surface area (Å²) in [6, 6.07) is 17.2. The number of benzene rings is 2. The van der Waals surface area contributed by atoms with Crippen molar-refractivity contribution in [3.05, 3.63) is 81.7 Å². The number of rotatable bonds is 9. The second kappa shape index (κ2) is 10.7. The Kier molecular flexibility index (Phi) is 7.50. The van der Waals surface area contributed by atoms with E-state index in [2.05, 4.69) is 17.2 Å². The van der Waals surface area contributed by atoms with Gasteiger partial charge < -0.3 is 9.64 Å². The van der Waals surface area contributed by atoms with E-state index in [1.54, 1.807) is 44.4 Å². The third-order valence-corrected chi connectivity index (χ3v) is 9.74. The SMILES string of the molecule is CCN(C)S(=O)(=O)N1CCN(c2cnn(-c3cccc(Cl)c3)c(=O)c2OCC2(c3ccccc3)CC2)CC1. The van der Waals surface area contributed by atoms with Crippen molar-refractivity contribution in [2.24, 2.45) is 0 Å². The van der Waals surface area contributed by atoms with Crippen molar-refractivity contribution >= 4 is 27.5 Å². The van der Waals surface area contributed by atoms with E-state index in [0.717, 1.165) is 12.8 Å². The minimum absolute atomic E-state index is 0.118. The molecule has 1 saturated carbocycles. The highest BCUT2D eigenvalue weighted by atomic mass is 35.5. The minimum Gasteiger partial charge on any atom is -0.485 e. The molecule has 38 heavy (non-hydrogen) atoms. The maximum atomic E-state index is 13.8. The molecule has 11 heteroatoms. The van der Waals surface area contributed by atoms with Gasteiger partial charge in [0.05, 0.1) is 18.5 Å². The highest BCUT2D eigenvalue weighted by molar-refractivity contribution is 7.86. The Morgan fingerprint density at radius 3 is 2.39 bits per heavy atom. The second-order valence-electron chi connectivity index (χ2n) is 9.80. The van der Waals surface area contributed by atoms with Gasteiger partial charge in [-0.05, 0) is 36.6 Å². The van der Waals surface area contributed by atoms with E-state index in [-0.39, 0.29) is 16.7 Å². The van der Waals surface area contributed by atoms with Gasteiger partial charge >= 0.3 is 5.56 Å². The molecule has 5 rings (SSSR count). The first-order valence-corrected chi connectivity index (χ1v) is 14.6. The van der Waals surface area contributed by atoms with Gasteiger partial charge in [-0.25, -0.2) is 0 Å². The molecule has 1 aliphatic carbocycles. The second-order valence-corrected chi connectivity index (χ2v) is 12.3. The van der Waals surface area contributed by atoms with Crippen molar-refractivity contribution in [3.63, 3.8) is 0 Å². The van der Waals surface area contributed by atoms with Crippen LogP contribution in [-0.2, 0) is 15.6 Å². The monoisotopic (exact) mass is 557 g/mol. The number of anilines is 1. The van der Waals surface area contributed by atoms with Crippen LogP contribution in [0, 0.1) is 0 Å². The van der Waals surface area contributed by atoms with Crippen LogP contribution in [0.15, 0.2) is 65.6 Å². The van der Waals surface area contributed by atoms with Crippen molar-refractivity contribution in [1.29, 1.82) is 0 Å². The van der Waals surface area contributed by atoms with Crippen molar-refractivity contribution in [3.8, 4) is 11.4 Å². The molecular weight excluding hydrogens is 526 g/mol. The van der Waals surface area contributed by atoms with Crippen LogP contribution in [0.5, 0.6) is 5.75 Å². The summed E-state index contributed by atoms with van der Waals surface area (Å²) in [6.45, 7) is 4.01. The lowest BCUT2D eigenvalue weighted by molar-refractivity contribution is 0.271. The fourth-order valence-corrected chi connectivity index (χ4v) is 6.30. The third kappa shape index (κ3) is 5.18. The van der Waals surface area contributed by atoms with Gasteiger partial charge in [-0.3, -0.25) is 4.79 Å². The Balaban J connectivity index is 1.45. The number of hydrogen-bond acceptors (Lipinski definition) is 6. The molecule has 2 heterocycles. The first-order valence-electron chi connectivity index (χ1n) is 12.8. The predicted octanol–water partition coefficient (Wildman–Crippen LogP) is 3.32. The molecule has 0 unspecified atom stereocenters. The Bertz CT molecular complexity index is 1450. The van der Waals surface area contributed by atoms with E-state index in [1.165, 1.54) is 18.9 Å². The van der Waals surface area contributed by atoms with E-state index < -0.39 is 10.2 Å². The molecular formula is C27H32ClN5O4S. The molecule has 1 aromatic heterocycles. The lowest BCUT2D eigenvalue weighted by atomic mass is 9.97. The van der Waals surface area contributed by atoms with Crippen LogP contribution in [0.1, 0.15) is 25.3 Å². The van der Waals surface area contributed by atoms with Crippen LogP contribution >= 0.6 is 11.6 Å². The van der Waals surface area contributed by atoms with Crippen LogP contribution in [-0.4, -0.2) is 73.2 Å². The third-order valence-electron chi connectivity index (χ3n) is 7.44. The quantitative estimate of drug-likeness (QED) is 0.401. The number of aromatic nitrogens is 2. The van der Waals surface area contributed by atoms with Gasteiger partial charge in [0.2, 0.25) is 5.75 Å². The fourth-order valence-electron chi connectivity index (χ4n) is 4.77. The van der Waals surface area contributed by atoms with Crippen molar-refractivity contribution in [1.82, 2.24) is 18.4 Å². The Labute approximate surface area is 228 Å². The summed E-state index contributed by atoms with van der Waals surface area (Å²) in [5.74, 6) is 0.212. The Hall–Kier alpha value is -2.92. The smallest absolute Gasteiger partial charge is 0.316 e. The molecule has 9 nitrogen and oxygen atoms in total. The Morgan fingerprint density at radius 1 is 1.05 bits per heavy atom. The van der Waals surface area contributed by atoms with Gasteiger partial charge in [0.25, 0.3) is 10.2 Å². The number of ether oxygens (including phenoxy) is 1. The zero-order valence-corrected chi connectivity index (χ0v) is 23.2. The van der Waals surface area contributed by atoms with Gasteiger partial charge in [0.15, 0.2) is 0 Å². The van der Waals surface area contributed by atoms with E-state index in [1.807, 2.05) is 23.1 Å². The number of piperazine rings is 1. The zero-order chi connectivity index (χ0) is 26.9. The maximum Gasteiger partial charge on any atom is 0.316 e. The molecule has 2 aromatic carbocycles. The standard InChI is InChI=1S/C27H32ClN5O4S/c1-3-30(2)38(35,36)32-16-14-31(15-17-32)24-19-29-33(23-11-7-10-22(28)18-23)26(34)25(24)37-20-27(12-13-27)21-8-5-4-6-9-21/h4-11,18-19H,3,12-17,20H2,1-2H3. The van der Waals surface area contributed by atoms with Crippen LogP contribution in [0.3, 0.4) is 0 Å². The molecule has 0 radical (unpaired) electrons. The van der Waals surface area contributed by atoms with Crippen LogP contribution in [0.2, 0.25) is 5.02 Å². The fraction of sp³-hybridized carbons (Fsp3) is 0.407. The Morgan fingerprint density at radius 2 is 1.76 bits per heavy atom. The average Bonchev–Trinajstić information content (AvgIpc) is 3.73. The van der Waals surface area contributed by atoms with Gasteiger partial charge in [0, 0.05) is 50.2 Å². The number of nitrogens with zero attached hydrogens (tertiary/aromatic N) is 5. The van der Waals surface area contributed by atoms with E-state index in [4.69, 9.17) is 16.3 Å². The first-order chi connectivity index (χ1) is 18.2. The summed E-state index contributed by atoms with van der Waals surface area (Å²) in [4.78, 5) is 15.7. The normalized spacial score (nSPS) is 17.5. The van der Waals surface area contributed by atoms with Crippen LogP contribution in [0.25, 0.3) is 5.69 Å². The summed E-state index contributed by atoms with van der Waals surface area (Å²) >= 11 is 6.18. The largest absolute Gasteiger partial charge is 0.485 e. The molecule has 0 bridgehead atoms. The molecule has 0 spiro atoms. The lowest BCUT2D eigenvalue weighted by Gasteiger charge is -2.37. The summed E-state index contributed by atoms with van der Waals surface area (Å²) in [6.07, 6.45) is 3.60. The summed E-state index contributed by atoms with van der Waals surface area (Å²) < 4.78 is 36.1. The average molecular weight is 558 g/mol. The summed E-state index contributed by atoms with van der Waals surface area (Å²) in [5, 5.41) is 4.93. The van der Waals surface area contributed by atoms with E-state index in [9.17, 15) is 13.2 Å². The van der Waals surface area contributed by atoms with Gasteiger partial charge in [0.1, 0.15) is 5.69 Å². The molecule has 0 N–H and O–H groups in total. The lowest BCUT2D eigenvalue weighted by Crippen LogP contribution is -2.52. The minimum atomic E-state index is -3.52. The van der Waals surface area contributed by atoms with Crippen molar-refractivity contribution in [2.75, 3.05) is 51.3 Å². The molecule has 3 aromatic rings. The topological polar surface area (TPSA) is 88.0 Å². The van der Waals surface area contributed by atoms with Crippen molar-refractivity contribution < 1.29 is 13.2 Å². The van der Waals surface area contributed by atoms with Gasteiger partial charge in [-0.2, -0.15) is 26.8 Å². The molecule has 1 saturated heterocycles. The van der Waals surface area contributed by atoms with Gasteiger partial charge in [-0.1, -0.05) is 54.9 Å². The molecule has 1 aliphatic heterocycles. The number of halogens is 1. The maximum absolute atomic E-state index is 13.8. The first kappa shape index (κ1) is 26.7.